The molecule has 0 aliphatic heterocycles. The van der Waals surface area contributed by atoms with Crippen LogP contribution in [0.1, 0.15) is 0 Å². The van der Waals surface area contributed by atoms with Crippen molar-refractivity contribution in [1.82, 2.24) is 19.9 Å². The molecule has 0 fully saturated rings. The van der Waals surface area contributed by atoms with Gasteiger partial charge in [0.15, 0.2) is 0 Å². The van der Waals surface area contributed by atoms with E-state index in [0.717, 1.165) is 12.1 Å². The number of benzene rings is 2. The van der Waals surface area contributed by atoms with Crippen molar-refractivity contribution >= 4 is 124 Å². The quantitative estimate of drug-likeness (QED) is 0.0631. The number of aromatic nitrogens is 4. The molecule has 0 bridgehead atoms. The minimum atomic E-state index is -4.88. The summed E-state index contributed by atoms with van der Waals surface area (Å²) in [5.41, 5.74) is -0.124. The predicted octanol–water partition coefficient (Wildman–Crippen LogP) is 3.42. The van der Waals surface area contributed by atoms with Crippen LogP contribution in [0.25, 0.3) is 11.1 Å². The van der Waals surface area contributed by atoms with Gasteiger partial charge in [-0.1, -0.05) is 12.1 Å². The summed E-state index contributed by atoms with van der Waals surface area (Å²) >= 11 is 16.5. The van der Waals surface area contributed by atoms with Crippen LogP contribution in [0.5, 0.6) is 0 Å². The van der Waals surface area contributed by atoms with Gasteiger partial charge >= 0.3 is 29.6 Å². The fourth-order valence-corrected chi connectivity index (χ4v) is 5.82. The molecule has 2 aromatic heterocycles. The zero-order valence-corrected chi connectivity index (χ0v) is 23.8. The predicted molar refractivity (Wildman–Crippen MR) is 158 cm³/mol. The molecule has 0 unspecified atom stereocenters. The molecule has 39 heavy (non-hydrogen) atoms. The van der Waals surface area contributed by atoms with E-state index < -0.39 is 30.0 Å². The van der Waals surface area contributed by atoms with E-state index in [-0.39, 0.29) is 64.0 Å². The number of hydrogen-bond acceptors (Lipinski definition) is 14. The molecule has 0 radical (unpaired) electrons. The van der Waals surface area contributed by atoms with Crippen LogP contribution in [0.2, 0.25) is 0 Å². The van der Waals surface area contributed by atoms with Gasteiger partial charge in [0.25, 0.3) is 20.2 Å². The third-order valence-corrected chi connectivity index (χ3v) is 7.42. The first kappa shape index (κ1) is 31.9. The first-order valence-corrected chi connectivity index (χ1v) is 14.7. The molecule has 4 N–H and O–H groups in total. The Kier molecular flexibility index (Phi) is 10.3. The Morgan fingerprint density at radius 2 is 0.872 bits per heavy atom. The monoisotopic (exact) mass is 652 g/mol. The topological polar surface area (TPSA) is 184 Å². The SMILES string of the molecule is O=S(=O)(O)c1cc(Nc2nc(S)cc(S)n2)ccc1-c1ccc(Nc2nc(S)cc(S)n2)cc1S(=O)(=O)O.[NaH]. The summed E-state index contributed by atoms with van der Waals surface area (Å²) in [6.45, 7) is 0. The number of rotatable bonds is 7. The summed E-state index contributed by atoms with van der Waals surface area (Å²) in [4.78, 5) is 14.9. The fraction of sp³-hybridized carbons (Fsp3) is 0. The molecule has 12 nitrogen and oxygen atoms in total. The van der Waals surface area contributed by atoms with E-state index in [1.807, 2.05) is 0 Å². The van der Waals surface area contributed by atoms with Crippen molar-refractivity contribution in [3.05, 3.63) is 48.5 Å². The molecule has 4 rings (SSSR count). The number of hydrogen-bond donors (Lipinski definition) is 8. The second kappa shape index (κ2) is 12.5. The van der Waals surface area contributed by atoms with E-state index in [2.05, 4.69) is 81.1 Å². The van der Waals surface area contributed by atoms with Gasteiger partial charge in [-0.2, -0.15) is 16.8 Å². The summed E-state index contributed by atoms with van der Waals surface area (Å²) in [5.74, 6) is 0.0879. The normalized spacial score (nSPS) is 11.5. The molecule has 0 spiro atoms. The Labute approximate surface area is 267 Å². The van der Waals surface area contributed by atoms with Gasteiger partial charge in [0, 0.05) is 34.6 Å². The van der Waals surface area contributed by atoms with Gasteiger partial charge in [0.05, 0.1) is 20.1 Å². The molecule has 19 heteroatoms. The van der Waals surface area contributed by atoms with E-state index in [1.165, 1.54) is 36.4 Å². The van der Waals surface area contributed by atoms with Crippen molar-refractivity contribution in [3.63, 3.8) is 0 Å². The zero-order chi connectivity index (χ0) is 27.8. The summed E-state index contributed by atoms with van der Waals surface area (Å²) in [6.07, 6.45) is 0. The maximum absolute atomic E-state index is 12.3. The van der Waals surface area contributed by atoms with E-state index in [1.54, 1.807) is 0 Å². The molecule has 0 saturated heterocycles. The van der Waals surface area contributed by atoms with Crippen LogP contribution in [0, 0.1) is 0 Å². The van der Waals surface area contributed by atoms with Gasteiger partial charge in [-0.05, 0) is 24.3 Å². The third kappa shape index (κ3) is 8.23. The number of anilines is 4. The zero-order valence-electron chi connectivity index (χ0n) is 18.5. The molecule has 0 atom stereocenters. The van der Waals surface area contributed by atoms with E-state index in [0.29, 0.717) is 20.1 Å². The standard InChI is InChI=1S/C20H16N6O6S6.Na.H/c27-37(28,29)13-5-9(21-19-23-15(33)7-16(34)24-19)1-3-11(13)12-4-2-10(6-14(12)38(30,31)32)22-20-25-17(35)8-18(36)26-20;;/h1-8H,(H,27,28,29)(H,30,31,32)(H3,21,23,24,33,34)(H3,22,25,26,35,36);;. The second-order valence-electron chi connectivity index (χ2n) is 7.44. The first-order valence-electron chi connectivity index (χ1n) is 10.0. The van der Waals surface area contributed by atoms with E-state index >= 15 is 0 Å². The van der Waals surface area contributed by atoms with Crippen molar-refractivity contribution in [1.29, 1.82) is 0 Å². The molecule has 200 valence electrons. The molecule has 4 aromatic rings. The van der Waals surface area contributed by atoms with Gasteiger partial charge in [-0.3, -0.25) is 9.11 Å². The molecule has 2 heterocycles. The summed E-state index contributed by atoms with van der Waals surface area (Å²) in [5, 5.41) is 6.71. The Hall–Kier alpha value is -1.58. The molecular formula is C20H17N6NaO6S6. The number of thiol groups is 4. The summed E-state index contributed by atoms with van der Waals surface area (Å²) in [6, 6.07) is 10.4. The van der Waals surface area contributed by atoms with Gasteiger partial charge in [0.1, 0.15) is 9.79 Å². The number of nitrogens with zero attached hydrogens (tertiary/aromatic N) is 4. The van der Waals surface area contributed by atoms with Gasteiger partial charge < -0.3 is 10.6 Å². The molecule has 2 aromatic carbocycles. The van der Waals surface area contributed by atoms with Crippen LogP contribution in [0.4, 0.5) is 23.3 Å². The molecular weight excluding hydrogens is 636 g/mol. The fourth-order valence-electron chi connectivity index (χ4n) is 3.29. The average Bonchev–Trinajstić information content (AvgIpc) is 2.76. The summed E-state index contributed by atoms with van der Waals surface area (Å²) < 4.78 is 69.0. The second-order valence-corrected chi connectivity index (χ2v) is 12.1. The maximum atomic E-state index is 12.3. The third-order valence-electron chi connectivity index (χ3n) is 4.72. The average molecular weight is 653 g/mol. The molecule has 0 saturated carbocycles. The summed E-state index contributed by atoms with van der Waals surface area (Å²) in [7, 11) is -9.77. The number of nitrogens with one attached hydrogen (secondary N) is 2. The van der Waals surface area contributed by atoms with Gasteiger partial charge in [-0.15, -0.1) is 50.5 Å². The van der Waals surface area contributed by atoms with Crippen LogP contribution in [-0.2, 0) is 20.2 Å². The van der Waals surface area contributed by atoms with Crippen molar-refractivity contribution in [2.24, 2.45) is 0 Å². The van der Waals surface area contributed by atoms with Crippen molar-refractivity contribution in [2.75, 3.05) is 10.6 Å². The van der Waals surface area contributed by atoms with Gasteiger partial charge in [-0.25, -0.2) is 19.9 Å². The van der Waals surface area contributed by atoms with Crippen LogP contribution in [-0.4, -0.2) is 75.4 Å². The Morgan fingerprint density at radius 1 is 0.564 bits per heavy atom. The Bertz CT molecular complexity index is 1620. The van der Waals surface area contributed by atoms with Crippen LogP contribution < -0.4 is 10.6 Å². The molecule has 0 amide bonds. The Morgan fingerprint density at radius 3 is 1.15 bits per heavy atom. The van der Waals surface area contributed by atoms with Crippen LogP contribution in [0.3, 0.4) is 0 Å². The van der Waals surface area contributed by atoms with Crippen molar-refractivity contribution in [2.45, 2.75) is 29.9 Å². The molecule has 0 aliphatic carbocycles. The minimum absolute atomic E-state index is 0. The van der Waals surface area contributed by atoms with Crippen LogP contribution >= 0.6 is 50.5 Å². The van der Waals surface area contributed by atoms with E-state index in [9.17, 15) is 25.9 Å². The van der Waals surface area contributed by atoms with Crippen molar-refractivity contribution < 1.29 is 25.9 Å². The van der Waals surface area contributed by atoms with Gasteiger partial charge in [0.2, 0.25) is 11.9 Å². The Balaban J connectivity index is 0.00000420. The van der Waals surface area contributed by atoms with Crippen molar-refractivity contribution in [3.8, 4) is 11.1 Å². The van der Waals surface area contributed by atoms with E-state index in [4.69, 9.17) is 0 Å². The first-order chi connectivity index (χ1) is 17.7. The van der Waals surface area contributed by atoms with Crippen LogP contribution in [0.15, 0.2) is 78.4 Å². The molecule has 0 aliphatic rings.